The molecule has 1 rings (SSSR count). The number of aryl methyl sites for hydroxylation is 1. The van der Waals surface area contributed by atoms with E-state index >= 15 is 0 Å². The van der Waals surface area contributed by atoms with Gasteiger partial charge in [0.1, 0.15) is 17.7 Å². The van der Waals surface area contributed by atoms with E-state index in [0.29, 0.717) is 5.56 Å². The largest absolute Gasteiger partial charge is 0.444 e. The number of amides is 4. The number of primary amides is 1. The van der Waals surface area contributed by atoms with Gasteiger partial charge >= 0.3 is 6.09 Å². The lowest BCUT2D eigenvalue weighted by atomic mass is 9.99. The van der Waals surface area contributed by atoms with Crippen molar-refractivity contribution >= 4 is 23.8 Å². The fourth-order valence-electron chi connectivity index (χ4n) is 3.81. The van der Waals surface area contributed by atoms with E-state index in [0.717, 1.165) is 18.4 Å². The second-order valence-corrected chi connectivity index (χ2v) is 9.97. The SMILES string of the molecule is CCCC(C)NC(=O)C(c1cccc(C)c1)N(CCO)C(=O)C(CCC(N)=O)NC(=O)OC(C)(C)C. The minimum Gasteiger partial charge on any atom is -0.444 e. The molecule has 1 aromatic rings. The highest BCUT2D eigenvalue weighted by Gasteiger charge is 2.36. The Bertz CT molecular complexity index is 899. The normalized spacial score (nSPS) is 13.8. The maximum absolute atomic E-state index is 13.8. The van der Waals surface area contributed by atoms with Crippen LogP contribution in [0.5, 0.6) is 0 Å². The Labute approximate surface area is 213 Å². The molecule has 0 aliphatic rings. The molecule has 10 heteroatoms. The Balaban J connectivity index is 3.43. The summed E-state index contributed by atoms with van der Waals surface area (Å²) in [6.07, 6.45) is 0.506. The minimum absolute atomic E-state index is 0.0935. The fourth-order valence-corrected chi connectivity index (χ4v) is 3.81. The smallest absolute Gasteiger partial charge is 0.408 e. The molecule has 0 aliphatic carbocycles. The van der Waals surface area contributed by atoms with Crippen LogP contribution in [0.2, 0.25) is 0 Å². The third-order valence-electron chi connectivity index (χ3n) is 5.32. The Morgan fingerprint density at radius 2 is 1.81 bits per heavy atom. The van der Waals surface area contributed by atoms with Gasteiger partial charge in [-0.15, -0.1) is 0 Å². The van der Waals surface area contributed by atoms with E-state index in [4.69, 9.17) is 10.5 Å². The summed E-state index contributed by atoms with van der Waals surface area (Å²) in [6.45, 7) is 10.2. The van der Waals surface area contributed by atoms with Crippen LogP contribution in [0.1, 0.15) is 77.5 Å². The van der Waals surface area contributed by atoms with Crippen LogP contribution in [0.15, 0.2) is 24.3 Å². The van der Waals surface area contributed by atoms with E-state index in [1.807, 2.05) is 26.8 Å². The molecule has 0 fully saturated rings. The highest BCUT2D eigenvalue weighted by molar-refractivity contribution is 5.92. The molecule has 0 saturated carbocycles. The first-order chi connectivity index (χ1) is 16.8. The number of hydrogen-bond donors (Lipinski definition) is 4. The first-order valence-electron chi connectivity index (χ1n) is 12.3. The molecule has 0 bridgehead atoms. The van der Waals surface area contributed by atoms with Crippen molar-refractivity contribution in [2.24, 2.45) is 5.73 Å². The van der Waals surface area contributed by atoms with Crippen LogP contribution < -0.4 is 16.4 Å². The van der Waals surface area contributed by atoms with Crippen molar-refractivity contribution in [2.45, 2.75) is 91.0 Å². The molecule has 0 heterocycles. The number of carbonyl (C=O) groups excluding carboxylic acids is 4. The van der Waals surface area contributed by atoms with Crippen molar-refractivity contribution in [3.05, 3.63) is 35.4 Å². The van der Waals surface area contributed by atoms with Crippen LogP contribution in [0.25, 0.3) is 0 Å². The van der Waals surface area contributed by atoms with E-state index in [1.54, 1.807) is 39.0 Å². The monoisotopic (exact) mass is 506 g/mol. The van der Waals surface area contributed by atoms with Crippen LogP contribution in [-0.4, -0.2) is 64.7 Å². The van der Waals surface area contributed by atoms with Crippen molar-refractivity contribution in [1.29, 1.82) is 0 Å². The quantitative estimate of drug-likeness (QED) is 0.322. The lowest BCUT2D eigenvalue weighted by molar-refractivity contribution is -0.143. The van der Waals surface area contributed by atoms with Gasteiger partial charge in [-0.3, -0.25) is 14.4 Å². The molecule has 3 unspecified atom stereocenters. The summed E-state index contributed by atoms with van der Waals surface area (Å²) in [7, 11) is 0. The topological polar surface area (TPSA) is 151 Å². The van der Waals surface area contributed by atoms with Crippen molar-refractivity contribution in [3.63, 3.8) is 0 Å². The Morgan fingerprint density at radius 3 is 2.33 bits per heavy atom. The maximum atomic E-state index is 13.8. The molecule has 0 saturated heterocycles. The number of nitrogens with zero attached hydrogens (tertiary/aromatic N) is 1. The zero-order valence-electron chi connectivity index (χ0n) is 22.3. The highest BCUT2D eigenvalue weighted by atomic mass is 16.6. The van der Waals surface area contributed by atoms with Gasteiger partial charge in [-0.05, 0) is 53.0 Å². The van der Waals surface area contributed by atoms with Gasteiger partial charge in [-0.2, -0.15) is 0 Å². The minimum atomic E-state index is -1.20. The standard InChI is InChI=1S/C26H42N4O6/c1-7-9-18(3)28-23(33)22(19-11-8-10-17(2)16-19)30(14-15-31)24(34)20(12-13-21(27)32)29-25(35)36-26(4,5)6/h8,10-11,16,18,20,22,31H,7,9,12-15H2,1-6H3,(H2,27,32)(H,28,33)(H,29,35). The van der Waals surface area contributed by atoms with Gasteiger partial charge in [0.2, 0.25) is 17.7 Å². The van der Waals surface area contributed by atoms with Crippen LogP contribution in [0, 0.1) is 6.92 Å². The summed E-state index contributed by atoms with van der Waals surface area (Å²) < 4.78 is 5.29. The Kier molecular flexibility index (Phi) is 12.4. The number of rotatable bonds is 13. The van der Waals surface area contributed by atoms with Gasteiger partial charge in [0, 0.05) is 19.0 Å². The third kappa shape index (κ3) is 10.6. The van der Waals surface area contributed by atoms with Gasteiger partial charge in [0.05, 0.1) is 6.61 Å². The number of hydrogen-bond acceptors (Lipinski definition) is 6. The zero-order valence-corrected chi connectivity index (χ0v) is 22.3. The Morgan fingerprint density at radius 1 is 1.14 bits per heavy atom. The molecular formula is C26H42N4O6. The van der Waals surface area contributed by atoms with Gasteiger partial charge < -0.3 is 31.1 Å². The van der Waals surface area contributed by atoms with Crippen molar-refractivity contribution < 1.29 is 29.0 Å². The molecule has 5 N–H and O–H groups in total. The summed E-state index contributed by atoms with van der Waals surface area (Å²) in [6, 6.07) is 4.78. The molecule has 1 aromatic carbocycles. The number of aliphatic hydroxyl groups excluding tert-OH is 1. The van der Waals surface area contributed by atoms with Gasteiger partial charge in [0.15, 0.2) is 0 Å². The van der Waals surface area contributed by atoms with Crippen LogP contribution in [0.3, 0.4) is 0 Å². The van der Waals surface area contributed by atoms with Gasteiger partial charge in [-0.1, -0.05) is 43.2 Å². The fraction of sp³-hybridized carbons (Fsp3) is 0.615. The first kappa shape index (κ1) is 30.9. The molecule has 0 spiro atoms. The third-order valence-corrected chi connectivity index (χ3v) is 5.32. The number of carbonyl (C=O) groups is 4. The lowest BCUT2D eigenvalue weighted by Gasteiger charge is -2.34. The van der Waals surface area contributed by atoms with E-state index in [2.05, 4.69) is 10.6 Å². The average molecular weight is 507 g/mol. The van der Waals surface area contributed by atoms with E-state index in [1.165, 1.54) is 4.90 Å². The predicted octanol–water partition coefficient (Wildman–Crippen LogP) is 2.32. The molecule has 0 aromatic heterocycles. The zero-order chi connectivity index (χ0) is 27.5. The lowest BCUT2D eigenvalue weighted by Crippen LogP contribution is -2.54. The second kappa shape index (κ2) is 14.4. The molecule has 10 nitrogen and oxygen atoms in total. The average Bonchev–Trinajstić information content (AvgIpc) is 2.74. The first-order valence-corrected chi connectivity index (χ1v) is 12.3. The number of nitrogens with one attached hydrogen (secondary N) is 2. The molecular weight excluding hydrogens is 464 g/mol. The maximum Gasteiger partial charge on any atom is 0.408 e. The summed E-state index contributed by atoms with van der Waals surface area (Å²) >= 11 is 0. The number of ether oxygens (including phenoxy) is 1. The molecule has 4 amide bonds. The molecule has 202 valence electrons. The van der Waals surface area contributed by atoms with Crippen molar-refractivity contribution in [3.8, 4) is 0 Å². The summed E-state index contributed by atoms with van der Waals surface area (Å²) in [5, 5.41) is 15.3. The van der Waals surface area contributed by atoms with E-state index < -0.39 is 48.1 Å². The van der Waals surface area contributed by atoms with Crippen LogP contribution in [-0.2, 0) is 19.1 Å². The molecule has 3 atom stereocenters. The number of benzene rings is 1. The van der Waals surface area contributed by atoms with Gasteiger partial charge in [-0.25, -0.2) is 4.79 Å². The summed E-state index contributed by atoms with van der Waals surface area (Å²) in [5.41, 5.74) is 5.93. The number of aliphatic hydroxyl groups is 1. The van der Waals surface area contributed by atoms with Crippen molar-refractivity contribution in [2.75, 3.05) is 13.2 Å². The van der Waals surface area contributed by atoms with Crippen LogP contribution >= 0.6 is 0 Å². The predicted molar refractivity (Wildman–Crippen MR) is 137 cm³/mol. The number of alkyl carbamates (subject to hydrolysis) is 1. The molecule has 0 radical (unpaired) electrons. The Hall–Kier alpha value is -3.14. The second-order valence-electron chi connectivity index (χ2n) is 9.97. The van der Waals surface area contributed by atoms with E-state index in [-0.39, 0.29) is 25.4 Å². The summed E-state index contributed by atoms with van der Waals surface area (Å²) in [5.74, 6) is -1.69. The van der Waals surface area contributed by atoms with E-state index in [9.17, 15) is 24.3 Å². The summed E-state index contributed by atoms with van der Waals surface area (Å²) in [4.78, 5) is 52.4. The highest BCUT2D eigenvalue weighted by Crippen LogP contribution is 2.24. The molecule has 36 heavy (non-hydrogen) atoms. The van der Waals surface area contributed by atoms with Gasteiger partial charge in [0.25, 0.3) is 0 Å². The van der Waals surface area contributed by atoms with Crippen LogP contribution in [0.4, 0.5) is 4.79 Å². The van der Waals surface area contributed by atoms with Crippen molar-refractivity contribution in [1.82, 2.24) is 15.5 Å². The number of nitrogens with two attached hydrogens (primary N) is 1. The molecule has 0 aliphatic heterocycles.